The van der Waals surface area contributed by atoms with Crippen molar-refractivity contribution in [3.63, 3.8) is 0 Å². The van der Waals surface area contributed by atoms with Gasteiger partial charge in [-0.15, -0.1) is 0 Å². The third-order valence-electron chi connectivity index (χ3n) is 7.93. The SMILES string of the molecule is COc1ncc(N=C/C=C(\N)Oc2ccc(Nc3ncnc4cc(OC)c(OC5CC6(C5)CN(C(=O)OC(C)(C)C)C6)cc34)c(F)c2)cn1. The number of carbonyl (C=O) groups is 1. The number of amides is 1. The van der Waals surface area contributed by atoms with E-state index < -0.39 is 11.4 Å². The lowest BCUT2D eigenvalue weighted by atomic mass is 9.62. The van der Waals surface area contributed by atoms with Gasteiger partial charge in [0.25, 0.3) is 0 Å². The van der Waals surface area contributed by atoms with E-state index in [1.807, 2.05) is 20.8 Å². The number of anilines is 2. The number of nitrogens with zero attached hydrogens (tertiary/aromatic N) is 6. The van der Waals surface area contributed by atoms with Crippen LogP contribution in [-0.2, 0) is 4.74 Å². The summed E-state index contributed by atoms with van der Waals surface area (Å²) >= 11 is 0. The lowest BCUT2D eigenvalue weighted by Crippen LogP contribution is -2.66. The molecule has 1 amide bonds. The van der Waals surface area contributed by atoms with Crippen molar-refractivity contribution in [3.05, 3.63) is 66.8 Å². The highest BCUT2D eigenvalue weighted by atomic mass is 19.1. The normalized spacial score (nSPS) is 15.9. The Balaban J connectivity index is 1.09. The van der Waals surface area contributed by atoms with Crippen molar-refractivity contribution < 1.29 is 32.9 Å². The van der Waals surface area contributed by atoms with E-state index >= 15 is 4.39 Å². The second-order valence-corrected chi connectivity index (χ2v) is 12.9. The van der Waals surface area contributed by atoms with Crippen LogP contribution < -0.4 is 30.0 Å². The standard InChI is InChI=1S/C34H37FN8O6/c1-33(2,3)49-32(44)43-17-34(18-43)13-22(14-34)47-28-11-23-26(12-27(28)45-4)40-19-41-30(23)42-25-7-6-21(10-24(25)35)48-29(36)8-9-37-20-15-38-31(46-5)39-16-20/h6-12,15-16,19,22H,13-14,17-18,36H2,1-5H3,(H,40,41,42)/b29-8+,37-9?. The van der Waals surface area contributed by atoms with Gasteiger partial charge in [0.2, 0.25) is 0 Å². The minimum atomic E-state index is -0.591. The zero-order valence-corrected chi connectivity index (χ0v) is 27.8. The van der Waals surface area contributed by atoms with Crippen molar-refractivity contribution in [3.8, 4) is 23.3 Å². The number of fused-ring (bicyclic) bond motifs is 1. The van der Waals surface area contributed by atoms with Crippen LogP contribution in [0.25, 0.3) is 10.9 Å². The van der Waals surface area contributed by atoms with E-state index in [1.54, 1.807) is 30.2 Å². The zero-order chi connectivity index (χ0) is 34.8. The number of carbonyl (C=O) groups excluding carboxylic acids is 1. The van der Waals surface area contributed by atoms with E-state index in [0.717, 1.165) is 12.8 Å². The van der Waals surface area contributed by atoms with Crippen LogP contribution in [0, 0.1) is 11.2 Å². The fourth-order valence-electron chi connectivity index (χ4n) is 5.70. The number of aromatic nitrogens is 4. The molecule has 1 aliphatic heterocycles. The quantitative estimate of drug-likeness (QED) is 0.156. The van der Waals surface area contributed by atoms with Gasteiger partial charge in [0, 0.05) is 48.3 Å². The van der Waals surface area contributed by atoms with Gasteiger partial charge in [0.15, 0.2) is 17.4 Å². The molecule has 256 valence electrons. The molecule has 0 bridgehead atoms. The lowest BCUT2D eigenvalue weighted by Gasteiger charge is -2.58. The molecular weight excluding hydrogens is 635 g/mol. The van der Waals surface area contributed by atoms with E-state index in [2.05, 4.69) is 30.2 Å². The Kier molecular flexibility index (Phi) is 9.08. The number of ether oxygens (including phenoxy) is 5. The van der Waals surface area contributed by atoms with Gasteiger partial charge >= 0.3 is 12.1 Å². The van der Waals surface area contributed by atoms with Crippen LogP contribution >= 0.6 is 0 Å². The number of nitrogens with two attached hydrogens (primary N) is 1. The predicted octanol–water partition coefficient (Wildman–Crippen LogP) is 5.68. The van der Waals surface area contributed by atoms with E-state index in [0.29, 0.717) is 47.0 Å². The Labute approximate surface area is 282 Å². The summed E-state index contributed by atoms with van der Waals surface area (Å²) in [6, 6.07) is 8.06. The number of likely N-dealkylation sites (tertiary alicyclic amines) is 1. The molecule has 0 radical (unpaired) electrons. The topological polar surface area (TPSA) is 168 Å². The Morgan fingerprint density at radius 3 is 2.49 bits per heavy atom. The molecule has 0 unspecified atom stereocenters. The number of hydrogen-bond donors (Lipinski definition) is 2. The van der Waals surface area contributed by atoms with Crippen molar-refractivity contribution in [1.82, 2.24) is 24.8 Å². The molecule has 4 aromatic rings. The van der Waals surface area contributed by atoms with Crippen LogP contribution in [0.1, 0.15) is 33.6 Å². The van der Waals surface area contributed by atoms with Crippen LogP contribution in [0.15, 0.2) is 66.0 Å². The average Bonchev–Trinajstić information content (AvgIpc) is 3.02. The largest absolute Gasteiger partial charge is 0.493 e. The summed E-state index contributed by atoms with van der Waals surface area (Å²) in [5.74, 6) is 1.00. The number of nitrogens with one attached hydrogen (secondary N) is 1. The van der Waals surface area contributed by atoms with Gasteiger partial charge in [0.05, 0.1) is 43.5 Å². The summed E-state index contributed by atoms with van der Waals surface area (Å²) in [5, 5.41) is 3.66. The molecule has 1 saturated carbocycles. The highest BCUT2D eigenvalue weighted by Crippen LogP contribution is 2.51. The number of aliphatic imine (C=N–C) groups is 1. The molecule has 2 aromatic carbocycles. The number of halogens is 1. The molecule has 2 aromatic heterocycles. The highest BCUT2D eigenvalue weighted by Gasteiger charge is 2.55. The van der Waals surface area contributed by atoms with Gasteiger partial charge in [0.1, 0.15) is 35.4 Å². The van der Waals surface area contributed by atoms with Gasteiger partial charge in [-0.1, -0.05) is 0 Å². The third kappa shape index (κ3) is 7.71. The Morgan fingerprint density at radius 2 is 1.82 bits per heavy atom. The van der Waals surface area contributed by atoms with E-state index in [4.69, 9.17) is 29.4 Å². The van der Waals surface area contributed by atoms with Crippen LogP contribution in [-0.4, -0.2) is 76.2 Å². The van der Waals surface area contributed by atoms with Crippen molar-refractivity contribution >= 4 is 40.4 Å². The minimum Gasteiger partial charge on any atom is -0.493 e. The Hall–Kier alpha value is -5.73. The molecule has 49 heavy (non-hydrogen) atoms. The molecule has 3 heterocycles. The zero-order valence-electron chi connectivity index (χ0n) is 27.8. The van der Waals surface area contributed by atoms with Crippen molar-refractivity contribution in [1.29, 1.82) is 0 Å². The van der Waals surface area contributed by atoms with Crippen LogP contribution in [0.5, 0.6) is 23.3 Å². The summed E-state index contributed by atoms with van der Waals surface area (Å²) in [5.41, 5.74) is 6.68. The molecule has 6 rings (SSSR count). The fourth-order valence-corrected chi connectivity index (χ4v) is 5.70. The molecule has 1 aliphatic carbocycles. The van der Waals surface area contributed by atoms with Gasteiger partial charge in [-0.2, -0.15) is 0 Å². The summed E-state index contributed by atoms with van der Waals surface area (Å²) in [6.45, 7) is 6.86. The van der Waals surface area contributed by atoms with E-state index in [-0.39, 0.29) is 40.9 Å². The number of rotatable bonds is 10. The van der Waals surface area contributed by atoms with Gasteiger partial charge in [-0.05, 0) is 51.8 Å². The number of hydrogen-bond acceptors (Lipinski definition) is 13. The molecule has 2 aliphatic rings. The Morgan fingerprint density at radius 1 is 1.06 bits per heavy atom. The van der Waals surface area contributed by atoms with Crippen LogP contribution in [0.2, 0.25) is 0 Å². The number of allylic oxidation sites excluding steroid dienone is 1. The molecular formula is C34H37FN8O6. The van der Waals surface area contributed by atoms with Gasteiger partial charge < -0.3 is 39.6 Å². The molecule has 3 N–H and O–H groups in total. The molecule has 0 atom stereocenters. The Bertz CT molecular complexity index is 1900. The first-order valence-corrected chi connectivity index (χ1v) is 15.5. The predicted molar refractivity (Wildman–Crippen MR) is 179 cm³/mol. The summed E-state index contributed by atoms with van der Waals surface area (Å²) < 4.78 is 43.2. The molecule has 2 fully saturated rings. The summed E-state index contributed by atoms with van der Waals surface area (Å²) in [6.07, 6.45) is 8.45. The number of methoxy groups -OCH3 is 2. The van der Waals surface area contributed by atoms with Crippen molar-refractivity contribution in [2.75, 3.05) is 32.6 Å². The minimum absolute atomic E-state index is 0.00313. The highest BCUT2D eigenvalue weighted by molar-refractivity contribution is 5.93. The first-order chi connectivity index (χ1) is 23.4. The average molecular weight is 673 g/mol. The van der Waals surface area contributed by atoms with E-state index in [9.17, 15) is 4.79 Å². The molecule has 1 spiro atoms. The summed E-state index contributed by atoms with van der Waals surface area (Å²) in [7, 11) is 3.03. The third-order valence-corrected chi connectivity index (χ3v) is 7.93. The molecule has 14 nitrogen and oxygen atoms in total. The van der Waals surface area contributed by atoms with Crippen molar-refractivity contribution in [2.24, 2.45) is 16.1 Å². The monoisotopic (exact) mass is 672 g/mol. The number of benzene rings is 2. The first kappa shape index (κ1) is 33.2. The molecule has 1 saturated heterocycles. The maximum Gasteiger partial charge on any atom is 0.410 e. The van der Waals surface area contributed by atoms with Crippen LogP contribution in [0.3, 0.4) is 0 Å². The fraction of sp³-hybridized carbons (Fsp3) is 0.353. The summed E-state index contributed by atoms with van der Waals surface area (Å²) in [4.78, 5) is 34.9. The maximum atomic E-state index is 15.2. The van der Waals surface area contributed by atoms with Gasteiger partial charge in [-0.25, -0.2) is 29.1 Å². The second kappa shape index (κ2) is 13.4. The smallest absolute Gasteiger partial charge is 0.410 e. The van der Waals surface area contributed by atoms with Crippen LogP contribution in [0.4, 0.5) is 26.4 Å². The maximum absolute atomic E-state index is 15.2. The molecule has 15 heteroatoms. The van der Waals surface area contributed by atoms with Gasteiger partial charge in [-0.3, -0.25) is 4.99 Å². The first-order valence-electron chi connectivity index (χ1n) is 15.5. The van der Waals surface area contributed by atoms with Crippen molar-refractivity contribution in [2.45, 2.75) is 45.3 Å². The van der Waals surface area contributed by atoms with E-state index in [1.165, 1.54) is 50.3 Å². The lowest BCUT2D eigenvalue weighted by molar-refractivity contribution is -0.117. The second-order valence-electron chi connectivity index (χ2n) is 12.9.